The Bertz CT molecular complexity index is 1250. The molecule has 0 radical (unpaired) electrons. The molecular formula is C17H8Cl2F6N6OS. The molecule has 1 aromatic carbocycles. The zero-order valence-electron chi connectivity index (χ0n) is 15.9. The van der Waals surface area contributed by atoms with E-state index < -0.39 is 60.2 Å². The van der Waals surface area contributed by atoms with Crippen LogP contribution in [0.25, 0.3) is 5.69 Å². The molecule has 1 unspecified atom stereocenters. The highest BCUT2D eigenvalue weighted by Crippen LogP contribution is 2.42. The number of benzene rings is 1. The summed E-state index contributed by atoms with van der Waals surface area (Å²) in [7, 11) is -2.57. The Hall–Kier alpha value is -2.89. The summed E-state index contributed by atoms with van der Waals surface area (Å²) in [5.74, 6) is -0.686. The summed E-state index contributed by atoms with van der Waals surface area (Å²) in [5, 5.41) is 11.8. The minimum Gasteiger partial charge on any atom is -0.312 e. The highest BCUT2D eigenvalue weighted by molar-refractivity contribution is 7.86. The lowest BCUT2D eigenvalue weighted by Gasteiger charge is -2.22. The standard InChI is InChI=1S/C17H8Cl2F6N6OS/c1-30(12-7-27-2-3-28-12)15-14(33(32)17(23,24)25)11(6-26)29-31(15)13-9(18)4-8(5-10(13)19)16(20,21)22/h2-5,7H,1H3. The lowest BCUT2D eigenvalue weighted by Crippen LogP contribution is -2.22. The second kappa shape index (κ2) is 8.81. The zero-order valence-corrected chi connectivity index (χ0v) is 18.2. The summed E-state index contributed by atoms with van der Waals surface area (Å²) in [6.45, 7) is 0. The van der Waals surface area contributed by atoms with Crippen molar-refractivity contribution >= 4 is 45.6 Å². The molecule has 0 aliphatic heterocycles. The average Bonchev–Trinajstić information content (AvgIpc) is 3.10. The third kappa shape index (κ3) is 4.75. The first-order chi connectivity index (χ1) is 15.3. The molecule has 1 atom stereocenters. The minimum atomic E-state index is -5.30. The van der Waals surface area contributed by atoms with E-state index in [1.165, 1.54) is 25.5 Å². The van der Waals surface area contributed by atoms with E-state index in [4.69, 9.17) is 23.2 Å². The molecule has 7 nitrogen and oxygen atoms in total. The molecule has 3 rings (SSSR count). The number of nitriles is 1. The molecule has 0 aliphatic rings. The highest BCUT2D eigenvalue weighted by atomic mass is 35.5. The van der Waals surface area contributed by atoms with Crippen molar-refractivity contribution in [3.05, 3.63) is 52.0 Å². The van der Waals surface area contributed by atoms with Gasteiger partial charge in [0.1, 0.15) is 16.7 Å². The van der Waals surface area contributed by atoms with E-state index in [0.717, 1.165) is 11.1 Å². The van der Waals surface area contributed by atoms with E-state index in [1.54, 1.807) is 0 Å². The highest BCUT2D eigenvalue weighted by Gasteiger charge is 2.44. The van der Waals surface area contributed by atoms with E-state index in [1.807, 2.05) is 0 Å². The summed E-state index contributed by atoms with van der Waals surface area (Å²) >= 11 is 12.0. The van der Waals surface area contributed by atoms with E-state index in [-0.39, 0.29) is 5.82 Å². The summed E-state index contributed by atoms with van der Waals surface area (Å²) < 4.78 is 92.4. The predicted molar refractivity (Wildman–Crippen MR) is 106 cm³/mol. The quantitative estimate of drug-likeness (QED) is 0.429. The Kier molecular flexibility index (Phi) is 6.60. The van der Waals surface area contributed by atoms with Crippen LogP contribution in [0.1, 0.15) is 11.3 Å². The van der Waals surface area contributed by atoms with Gasteiger partial charge in [0.25, 0.3) is 0 Å². The Balaban J connectivity index is 2.40. The van der Waals surface area contributed by atoms with Gasteiger partial charge in [-0.2, -0.15) is 36.7 Å². The number of halogens is 8. The first kappa shape index (κ1) is 24.7. The van der Waals surface area contributed by atoms with Crippen LogP contribution in [0, 0.1) is 11.3 Å². The van der Waals surface area contributed by atoms with Gasteiger partial charge in [-0.3, -0.25) is 4.98 Å². The van der Waals surface area contributed by atoms with Crippen LogP contribution in [0.3, 0.4) is 0 Å². The van der Waals surface area contributed by atoms with Crippen molar-refractivity contribution in [3.63, 3.8) is 0 Å². The number of nitrogens with zero attached hydrogens (tertiary/aromatic N) is 6. The Morgan fingerprint density at radius 3 is 2.18 bits per heavy atom. The lowest BCUT2D eigenvalue weighted by atomic mass is 10.2. The van der Waals surface area contributed by atoms with Gasteiger partial charge in [-0.1, -0.05) is 23.2 Å². The summed E-state index contributed by atoms with van der Waals surface area (Å²) in [6.07, 6.45) is -1.21. The van der Waals surface area contributed by atoms with Crippen LogP contribution in [-0.4, -0.2) is 36.5 Å². The van der Waals surface area contributed by atoms with E-state index in [0.29, 0.717) is 16.8 Å². The predicted octanol–water partition coefficient (Wildman–Crippen LogP) is 5.25. The van der Waals surface area contributed by atoms with Crippen LogP contribution in [0.2, 0.25) is 10.0 Å². The van der Waals surface area contributed by atoms with Gasteiger partial charge in [0.15, 0.2) is 28.1 Å². The molecule has 2 aromatic heterocycles. The fraction of sp³-hybridized carbons (Fsp3) is 0.176. The molecule has 33 heavy (non-hydrogen) atoms. The SMILES string of the molecule is CN(c1cnccn1)c1c(S(=O)C(F)(F)F)c(C#N)nn1-c1c(Cl)cc(C(F)(F)F)cc1Cl. The topological polar surface area (TPSA) is 87.7 Å². The van der Waals surface area contributed by atoms with Crippen LogP contribution in [-0.2, 0) is 17.0 Å². The van der Waals surface area contributed by atoms with Crippen molar-refractivity contribution in [2.24, 2.45) is 0 Å². The zero-order chi connectivity index (χ0) is 24.7. The molecule has 16 heteroatoms. The van der Waals surface area contributed by atoms with Crippen LogP contribution >= 0.6 is 23.2 Å². The minimum absolute atomic E-state index is 0.0669. The van der Waals surface area contributed by atoms with Gasteiger partial charge in [0, 0.05) is 19.4 Å². The first-order valence-electron chi connectivity index (χ1n) is 8.35. The van der Waals surface area contributed by atoms with Crippen molar-refractivity contribution in [3.8, 4) is 11.8 Å². The molecule has 0 spiro atoms. The van der Waals surface area contributed by atoms with Gasteiger partial charge in [0.05, 0.1) is 21.8 Å². The molecule has 0 amide bonds. The van der Waals surface area contributed by atoms with Gasteiger partial charge in [-0.15, -0.1) is 0 Å². The van der Waals surface area contributed by atoms with Gasteiger partial charge in [0.2, 0.25) is 0 Å². The Morgan fingerprint density at radius 2 is 1.73 bits per heavy atom. The second-order valence-corrected chi connectivity index (χ2v) is 8.37. The van der Waals surface area contributed by atoms with Crippen molar-refractivity contribution in [1.29, 1.82) is 5.26 Å². The molecule has 2 heterocycles. The molecule has 0 saturated heterocycles. The van der Waals surface area contributed by atoms with Crippen molar-refractivity contribution in [1.82, 2.24) is 19.7 Å². The fourth-order valence-corrected chi connectivity index (χ4v) is 4.24. The lowest BCUT2D eigenvalue weighted by molar-refractivity contribution is -0.137. The van der Waals surface area contributed by atoms with Gasteiger partial charge >= 0.3 is 11.7 Å². The van der Waals surface area contributed by atoms with Crippen LogP contribution in [0.5, 0.6) is 0 Å². The van der Waals surface area contributed by atoms with Crippen molar-refractivity contribution in [2.45, 2.75) is 16.6 Å². The van der Waals surface area contributed by atoms with Crippen molar-refractivity contribution < 1.29 is 30.6 Å². The number of anilines is 2. The number of alkyl halides is 6. The number of hydrogen-bond acceptors (Lipinski definition) is 6. The number of hydrogen-bond donors (Lipinski definition) is 0. The maximum absolute atomic E-state index is 13.4. The molecule has 0 aliphatic carbocycles. The van der Waals surface area contributed by atoms with Gasteiger partial charge < -0.3 is 4.90 Å². The second-order valence-electron chi connectivity index (χ2n) is 6.15. The molecular weight excluding hydrogens is 521 g/mol. The maximum Gasteiger partial charge on any atom is 0.476 e. The smallest absolute Gasteiger partial charge is 0.312 e. The summed E-state index contributed by atoms with van der Waals surface area (Å²) in [4.78, 5) is 7.60. The van der Waals surface area contributed by atoms with E-state index in [2.05, 4.69) is 15.1 Å². The average molecular weight is 529 g/mol. The van der Waals surface area contributed by atoms with Gasteiger partial charge in [-0.05, 0) is 12.1 Å². The summed E-state index contributed by atoms with van der Waals surface area (Å²) in [5.41, 5.74) is -7.91. The maximum atomic E-state index is 13.4. The Labute approximate surface area is 193 Å². The fourth-order valence-electron chi connectivity index (χ4n) is 2.71. The molecule has 0 bridgehead atoms. The van der Waals surface area contributed by atoms with Crippen LogP contribution in [0.15, 0.2) is 35.6 Å². The molecule has 0 N–H and O–H groups in total. The third-order valence-electron chi connectivity index (χ3n) is 4.09. The van der Waals surface area contributed by atoms with Crippen molar-refractivity contribution in [2.75, 3.05) is 11.9 Å². The first-order valence-corrected chi connectivity index (χ1v) is 10.3. The van der Waals surface area contributed by atoms with Crippen LogP contribution < -0.4 is 4.90 Å². The molecule has 0 fully saturated rings. The normalized spacial score (nSPS) is 13.0. The summed E-state index contributed by atoms with van der Waals surface area (Å²) in [6, 6.07) is 2.38. The number of rotatable bonds is 4. The Morgan fingerprint density at radius 1 is 1.12 bits per heavy atom. The largest absolute Gasteiger partial charge is 0.476 e. The van der Waals surface area contributed by atoms with Crippen LogP contribution in [0.4, 0.5) is 38.0 Å². The van der Waals surface area contributed by atoms with Gasteiger partial charge in [-0.25, -0.2) is 13.9 Å². The van der Waals surface area contributed by atoms with E-state index in [9.17, 15) is 35.8 Å². The monoisotopic (exact) mass is 528 g/mol. The molecule has 0 saturated carbocycles. The van der Waals surface area contributed by atoms with E-state index >= 15 is 0 Å². The molecule has 3 aromatic rings. The third-order valence-corrected chi connectivity index (χ3v) is 5.83. The molecule has 174 valence electrons. The number of aromatic nitrogens is 4.